The molecule has 1 aromatic carbocycles. The van der Waals surface area contributed by atoms with Gasteiger partial charge in [-0.05, 0) is 95.9 Å². The van der Waals surface area contributed by atoms with Gasteiger partial charge in [0.15, 0.2) is 0 Å². The molecule has 6 rings (SSSR count). The fourth-order valence-corrected chi connectivity index (χ4v) is 9.09. The van der Waals surface area contributed by atoms with E-state index in [0.29, 0.717) is 50.1 Å². The van der Waals surface area contributed by atoms with E-state index in [9.17, 15) is 9.59 Å². The average Bonchev–Trinajstić information content (AvgIpc) is 3.86. The highest BCUT2D eigenvalue weighted by molar-refractivity contribution is 6.30. The molecule has 3 amide bonds. The van der Waals surface area contributed by atoms with Crippen LogP contribution < -0.4 is 0 Å². The molecule has 5 fully saturated rings. The summed E-state index contributed by atoms with van der Waals surface area (Å²) in [6, 6.07) is 7.25. The fraction of sp³-hybridized carbons (Fsp3) is 0.763. The summed E-state index contributed by atoms with van der Waals surface area (Å²) in [5.74, 6) is 0.480. The van der Waals surface area contributed by atoms with Gasteiger partial charge in [-0.2, -0.15) is 0 Å². The lowest BCUT2D eigenvalue weighted by atomic mass is 9.85. The van der Waals surface area contributed by atoms with Crippen LogP contribution in [0, 0.1) is 11.8 Å². The summed E-state index contributed by atoms with van der Waals surface area (Å²) in [4.78, 5) is 54.6. The monoisotopic (exact) mass is 683 g/mol. The molecule has 4 aliphatic heterocycles. The molecule has 1 saturated carbocycles. The number of likely N-dealkylation sites (tertiary alicyclic amines) is 2. The van der Waals surface area contributed by atoms with Crippen molar-refractivity contribution in [2.75, 3.05) is 59.0 Å². The van der Waals surface area contributed by atoms with Crippen LogP contribution in [0.4, 0.5) is 0 Å². The van der Waals surface area contributed by atoms with E-state index in [-0.39, 0.29) is 47.2 Å². The predicted molar refractivity (Wildman–Crippen MR) is 189 cm³/mol. The maximum Gasteiger partial charge on any atom is 0.252 e. The highest BCUT2D eigenvalue weighted by Crippen LogP contribution is 2.40. The number of rotatable bonds is 7. The lowest BCUT2D eigenvalue weighted by Crippen LogP contribution is -2.55. The van der Waals surface area contributed by atoms with Gasteiger partial charge in [-0.15, -0.1) is 0 Å². The number of halogens is 1. The van der Waals surface area contributed by atoms with E-state index in [1.54, 1.807) is 0 Å². The van der Waals surface area contributed by atoms with Crippen LogP contribution in [0.3, 0.4) is 0 Å². The van der Waals surface area contributed by atoms with E-state index >= 15 is 4.79 Å². The number of hydrogen-bond acceptors (Lipinski definition) is 6. The fourth-order valence-electron chi connectivity index (χ4n) is 8.97. The SMILES string of the molecule is CCN1CCN(C(=O)[C@@H]2C[C@H](N(C(=O)[C@@H]3CCCO3)C3CCC(C)CC3)CN2C(=O)[C@H]2CN(C(C)(C)C)C[C@H]2c2ccc(Cl)cc2)CC1. The molecule has 0 radical (unpaired) electrons. The second-order valence-electron chi connectivity index (χ2n) is 16.2. The van der Waals surface area contributed by atoms with Crippen molar-refractivity contribution in [3.63, 3.8) is 0 Å². The Kier molecular flexibility index (Phi) is 11.1. The van der Waals surface area contributed by atoms with E-state index in [1.165, 1.54) is 0 Å². The van der Waals surface area contributed by atoms with Crippen molar-refractivity contribution in [2.45, 2.75) is 115 Å². The highest BCUT2D eigenvalue weighted by Gasteiger charge is 2.51. The van der Waals surface area contributed by atoms with Gasteiger partial charge in [-0.3, -0.25) is 19.3 Å². The Balaban J connectivity index is 1.32. The molecule has 1 aromatic rings. The smallest absolute Gasteiger partial charge is 0.252 e. The molecule has 1 aliphatic carbocycles. The summed E-state index contributed by atoms with van der Waals surface area (Å²) in [6.45, 7) is 17.5. The van der Waals surface area contributed by atoms with E-state index < -0.39 is 12.1 Å². The van der Waals surface area contributed by atoms with Crippen molar-refractivity contribution in [2.24, 2.45) is 11.8 Å². The zero-order valence-corrected chi connectivity index (χ0v) is 30.7. The number of piperazine rings is 1. The Morgan fingerprint density at radius 1 is 0.896 bits per heavy atom. The van der Waals surface area contributed by atoms with Gasteiger partial charge in [0.05, 0.1) is 12.0 Å². The maximum atomic E-state index is 15.0. The highest BCUT2D eigenvalue weighted by atomic mass is 35.5. The summed E-state index contributed by atoms with van der Waals surface area (Å²) in [5.41, 5.74) is 0.995. The van der Waals surface area contributed by atoms with Crippen molar-refractivity contribution in [3.05, 3.63) is 34.9 Å². The zero-order valence-electron chi connectivity index (χ0n) is 29.9. The van der Waals surface area contributed by atoms with Crippen LogP contribution >= 0.6 is 11.6 Å². The van der Waals surface area contributed by atoms with Crippen molar-refractivity contribution in [3.8, 4) is 0 Å². The summed E-state index contributed by atoms with van der Waals surface area (Å²) < 4.78 is 5.96. The number of carbonyl (C=O) groups excluding carboxylic acids is 3. The molecule has 5 aliphatic rings. The lowest BCUT2D eigenvalue weighted by molar-refractivity contribution is -0.148. The van der Waals surface area contributed by atoms with Gasteiger partial charge in [0, 0.05) is 74.9 Å². The first-order chi connectivity index (χ1) is 22.9. The quantitative estimate of drug-likeness (QED) is 0.408. The minimum absolute atomic E-state index is 0.0126. The van der Waals surface area contributed by atoms with Crippen LogP contribution in [0.15, 0.2) is 24.3 Å². The summed E-state index contributed by atoms with van der Waals surface area (Å²) >= 11 is 6.29. The van der Waals surface area contributed by atoms with E-state index in [4.69, 9.17) is 16.3 Å². The molecule has 0 N–H and O–H groups in total. The number of likely N-dealkylation sites (N-methyl/N-ethyl adjacent to an activating group) is 1. The maximum absolute atomic E-state index is 15.0. The van der Waals surface area contributed by atoms with E-state index in [0.717, 1.165) is 70.3 Å². The van der Waals surface area contributed by atoms with Crippen LogP contribution in [0.25, 0.3) is 0 Å². The number of ether oxygens (including phenoxy) is 1. The molecular weight excluding hydrogens is 626 g/mol. The Morgan fingerprint density at radius 2 is 1.58 bits per heavy atom. The number of benzene rings is 1. The summed E-state index contributed by atoms with van der Waals surface area (Å²) in [6.07, 6.45) is 5.81. The molecule has 4 heterocycles. The Bertz CT molecular complexity index is 1280. The Labute approximate surface area is 293 Å². The minimum atomic E-state index is -0.576. The van der Waals surface area contributed by atoms with Crippen LogP contribution in [0.1, 0.15) is 91.0 Å². The first-order valence-electron chi connectivity index (χ1n) is 18.7. The van der Waals surface area contributed by atoms with Crippen LogP contribution in [-0.2, 0) is 19.1 Å². The molecule has 5 atom stereocenters. The van der Waals surface area contributed by atoms with Gasteiger partial charge in [-0.1, -0.05) is 37.6 Å². The van der Waals surface area contributed by atoms with Gasteiger partial charge in [0.25, 0.3) is 5.91 Å². The largest absolute Gasteiger partial charge is 0.368 e. The summed E-state index contributed by atoms with van der Waals surface area (Å²) in [5, 5.41) is 0.677. The second-order valence-corrected chi connectivity index (χ2v) is 16.6. The van der Waals surface area contributed by atoms with Gasteiger partial charge in [-0.25, -0.2) is 0 Å². The molecule has 266 valence electrons. The van der Waals surface area contributed by atoms with Crippen LogP contribution in [0.2, 0.25) is 5.02 Å². The minimum Gasteiger partial charge on any atom is -0.368 e. The van der Waals surface area contributed by atoms with Gasteiger partial charge in [0.2, 0.25) is 11.8 Å². The molecule has 10 heteroatoms. The van der Waals surface area contributed by atoms with E-state index in [1.807, 2.05) is 34.1 Å². The molecule has 48 heavy (non-hydrogen) atoms. The average molecular weight is 684 g/mol. The van der Waals surface area contributed by atoms with Crippen LogP contribution in [-0.4, -0.2) is 131 Å². The van der Waals surface area contributed by atoms with Crippen molar-refractivity contribution >= 4 is 29.3 Å². The first-order valence-corrected chi connectivity index (χ1v) is 19.1. The predicted octanol–water partition coefficient (Wildman–Crippen LogP) is 4.87. The lowest BCUT2D eigenvalue weighted by Gasteiger charge is -2.41. The molecule has 0 bridgehead atoms. The van der Waals surface area contributed by atoms with Crippen molar-refractivity contribution in [1.29, 1.82) is 0 Å². The molecular formula is C38H58ClN5O4. The third-order valence-electron chi connectivity index (χ3n) is 12.1. The number of amides is 3. The topological polar surface area (TPSA) is 76.6 Å². The van der Waals surface area contributed by atoms with Crippen molar-refractivity contribution in [1.82, 2.24) is 24.5 Å². The standard InChI is InChI=1S/C38H58ClN5O4/c1-6-40-17-19-41(20-18-40)36(46)33-22-30(44(29-15-9-26(2)10-16-29)37(47)34-8-7-21-48-34)23-43(33)35(45)32-25-42(38(3,4)5)24-31(32)27-11-13-28(39)14-12-27/h11-14,26,29-34H,6-10,15-25H2,1-5H3/t26?,29?,30-,31-,32-,33-,34-/m0/s1. The second kappa shape index (κ2) is 15.0. The third-order valence-corrected chi connectivity index (χ3v) is 12.3. The van der Waals surface area contributed by atoms with Crippen LogP contribution in [0.5, 0.6) is 0 Å². The Morgan fingerprint density at radius 3 is 2.19 bits per heavy atom. The molecule has 0 unspecified atom stereocenters. The molecule has 9 nitrogen and oxygen atoms in total. The first kappa shape index (κ1) is 35.6. The van der Waals surface area contributed by atoms with Gasteiger partial charge >= 0.3 is 0 Å². The molecule has 0 aromatic heterocycles. The van der Waals surface area contributed by atoms with Gasteiger partial charge in [0.1, 0.15) is 12.1 Å². The normalized spacial score (nSPS) is 32.2. The summed E-state index contributed by atoms with van der Waals surface area (Å²) in [7, 11) is 0. The number of hydrogen-bond donors (Lipinski definition) is 0. The van der Waals surface area contributed by atoms with Gasteiger partial charge < -0.3 is 24.3 Å². The third kappa shape index (κ3) is 7.59. The zero-order chi connectivity index (χ0) is 34.2. The molecule has 0 spiro atoms. The van der Waals surface area contributed by atoms with E-state index in [2.05, 4.69) is 49.3 Å². The number of nitrogens with zero attached hydrogens (tertiary/aromatic N) is 5. The number of carbonyl (C=O) groups is 3. The Hall–Kier alpha value is -2.20. The molecule has 4 saturated heterocycles. The van der Waals surface area contributed by atoms with Crippen molar-refractivity contribution < 1.29 is 19.1 Å².